The summed E-state index contributed by atoms with van der Waals surface area (Å²) < 4.78 is 0. The van der Waals surface area contributed by atoms with E-state index in [4.69, 9.17) is 0 Å². The predicted molar refractivity (Wildman–Crippen MR) is 85.4 cm³/mol. The van der Waals surface area contributed by atoms with Crippen LogP contribution < -0.4 is 5.11 Å². The Kier molecular flexibility index (Phi) is 3.28. The number of fused-ring (bicyclic) bond motifs is 1. The van der Waals surface area contributed by atoms with Crippen molar-refractivity contribution in [3.05, 3.63) is 53.4 Å². The van der Waals surface area contributed by atoms with Crippen LogP contribution in [0.15, 0.2) is 52.8 Å². The van der Waals surface area contributed by atoms with Crippen molar-refractivity contribution in [3.8, 4) is 10.6 Å². The molecule has 0 atom stereocenters. The zero-order valence-corrected chi connectivity index (χ0v) is 12.5. The highest BCUT2D eigenvalue weighted by molar-refractivity contribution is 7.13. The van der Waals surface area contributed by atoms with Gasteiger partial charge in [-0.2, -0.15) is 5.21 Å². The van der Waals surface area contributed by atoms with Crippen LogP contribution >= 0.6 is 11.3 Å². The summed E-state index contributed by atoms with van der Waals surface area (Å²) in [4.78, 5) is 9.50. The average Bonchev–Trinajstić information content (AvgIpc) is 3.27. The van der Waals surface area contributed by atoms with E-state index in [2.05, 4.69) is 30.6 Å². The monoisotopic (exact) mass is 321 g/mol. The highest BCUT2D eigenvalue weighted by Crippen LogP contribution is 2.27. The highest BCUT2D eigenvalue weighted by Gasteiger charge is 2.09. The van der Waals surface area contributed by atoms with Crippen molar-refractivity contribution in [3.63, 3.8) is 0 Å². The molecule has 0 saturated heterocycles. The normalized spacial score (nSPS) is 11.9. The van der Waals surface area contributed by atoms with Gasteiger partial charge in [-0.05, 0) is 40.3 Å². The van der Waals surface area contributed by atoms with E-state index in [9.17, 15) is 5.11 Å². The minimum atomic E-state index is -0.428. The van der Waals surface area contributed by atoms with Crippen LogP contribution in [0.5, 0.6) is 0 Å². The highest BCUT2D eigenvalue weighted by atomic mass is 32.1. The van der Waals surface area contributed by atoms with Crippen LogP contribution in [0.25, 0.3) is 21.5 Å². The minimum absolute atomic E-state index is 0.00793. The first kappa shape index (κ1) is 13.5. The van der Waals surface area contributed by atoms with E-state index < -0.39 is 5.90 Å². The molecule has 8 heteroatoms. The van der Waals surface area contributed by atoms with Gasteiger partial charge in [0.2, 0.25) is 0 Å². The second-order valence-electron chi connectivity index (χ2n) is 4.68. The average molecular weight is 321 g/mol. The van der Waals surface area contributed by atoms with Gasteiger partial charge in [-0.3, -0.25) is 0 Å². The van der Waals surface area contributed by atoms with Crippen LogP contribution in [0.3, 0.4) is 0 Å². The van der Waals surface area contributed by atoms with E-state index in [-0.39, 0.29) is 5.95 Å². The molecule has 0 amide bonds. The lowest BCUT2D eigenvalue weighted by Gasteiger charge is -2.14. The number of nitrogens with one attached hydrogen (secondary N) is 1. The molecule has 0 bridgehead atoms. The summed E-state index contributed by atoms with van der Waals surface area (Å²) >= 11 is 1.57. The molecule has 3 heterocycles. The summed E-state index contributed by atoms with van der Waals surface area (Å²) in [5, 5.41) is 28.3. The van der Waals surface area contributed by atoms with Gasteiger partial charge in [0.05, 0.1) is 16.1 Å². The molecule has 0 spiro atoms. The number of hydrogen-bond acceptors (Lipinski definition) is 7. The Morgan fingerprint density at radius 2 is 2.09 bits per heavy atom. The van der Waals surface area contributed by atoms with E-state index in [0.29, 0.717) is 5.56 Å². The standard InChI is InChI=1S/C15H10N6OS/c22-14(17-15-18-20-21-19-15)10-8-12(13-6-3-7-23-13)16-11-5-2-1-4-9(10)11/h1-8H,(H2,17,18,19,20,21,22)/p-1. The molecule has 0 radical (unpaired) electrons. The number of thiophene rings is 1. The Bertz CT molecular complexity index is 979. The van der Waals surface area contributed by atoms with Crippen molar-refractivity contribution >= 4 is 34.1 Å². The maximum Gasteiger partial charge on any atom is 0.288 e. The quantitative estimate of drug-likeness (QED) is 0.458. The number of nitrogens with zero attached hydrogens (tertiary/aromatic N) is 5. The molecule has 1 aromatic carbocycles. The largest absolute Gasteiger partial charge is 0.858 e. The zero-order valence-electron chi connectivity index (χ0n) is 11.7. The van der Waals surface area contributed by atoms with Crippen molar-refractivity contribution in [2.75, 3.05) is 0 Å². The Balaban J connectivity index is 1.93. The van der Waals surface area contributed by atoms with Crippen LogP contribution in [-0.2, 0) is 0 Å². The molecule has 4 rings (SSSR count). The molecule has 0 aliphatic carbocycles. The molecular formula is C15H9N6OS-. The van der Waals surface area contributed by atoms with Gasteiger partial charge in [-0.1, -0.05) is 29.4 Å². The summed E-state index contributed by atoms with van der Waals surface area (Å²) in [6.07, 6.45) is 0. The second kappa shape index (κ2) is 5.58. The Hall–Kier alpha value is -3.13. The van der Waals surface area contributed by atoms with E-state index in [0.717, 1.165) is 21.5 Å². The fourth-order valence-electron chi connectivity index (χ4n) is 2.26. The topological polar surface area (TPSA) is 103 Å². The lowest BCUT2D eigenvalue weighted by molar-refractivity contribution is -0.212. The van der Waals surface area contributed by atoms with Crippen LogP contribution in [-0.4, -0.2) is 31.5 Å². The molecule has 0 unspecified atom stereocenters. The summed E-state index contributed by atoms with van der Waals surface area (Å²) in [6, 6.07) is 13.1. The number of hydrogen-bond donors (Lipinski definition) is 1. The number of aromatic nitrogens is 5. The molecule has 1 N–H and O–H groups in total. The lowest BCUT2D eigenvalue weighted by Crippen LogP contribution is -2.19. The maximum absolute atomic E-state index is 12.5. The van der Waals surface area contributed by atoms with Gasteiger partial charge in [0, 0.05) is 5.39 Å². The maximum atomic E-state index is 12.5. The minimum Gasteiger partial charge on any atom is -0.858 e. The van der Waals surface area contributed by atoms with Gasteiger partial charge in [0.1, 0.15) is 0 Å². The Morgan fingerprint density at radius 3 is 2.87 bits per heavy atom. The summed E-state index contributed by atoms with van der Waals surface area (Å²) in [6.45, 7) is 0. The summed E-state index contributed by atoms with van der Waals surface area (Å²) in [5.41, 5.74) is 1.94. The predicted octanol–water partition coefficient (Wildman–Crippen LogP) is 1.91. The number of rotatable bonds is 3. The SMILES string of the molecule is [O-]C(=Nc1nn[nH]n1)c1cc(-c2cccs2)nc2ccccc12. The number of H-pyrrole nitrogens is 1. The van der Waals surface area contributed by atoms with Crippen molar-refractivity contribution in [1.29, 1.82) is 0 Å². The first-order chi connectivity index (χ1) is 11.3. The van der Waals surface area contributed by atoms with Gasteiger partial charge in [0.15, 0.2) is 0 Å². The van der Waals surface area contributed by atoms with Gasteiger partial charge in [-0.25, -0.2) is 9.98 Å². The number of aliphatic imine (C=N–C) groups is 1. The van der Waals surface area contributed by atoms with Gasteiger partial charge in [-0.15, -0.1) is 16.4 Å². The van der Waals surface area contributed by atoms with E-state index >= 15 is 0 Å². The number of benzene rings is 1. The lowest BCUT2D eigenvalue weighted by atomic mass is 10.1. The molecule has 4 aromatic rings. The molecule has 3 aromatic heterocycles. The van der Waals surface area contributed by atoms with E-state index in [1.54, 1.807) is 17.4 Å². The molecule has 0 saturated carbocycles. The second-order valence-corrected chi connectivity index (χ2v) is 5.63. The number of tetrazole rings is 1. The van der Waals surface area contributed by atoms with Crippen LogP contribution in [0.4, 0.5) is 5.95 Å². The van der Waals surface area contributed by atoms with Crippen LogP contribution in [0.1, 0.15) is 5.56 Å². The van der Waals surface area contributed by atoms with Gasteiger partial charge < -0.3 is 5.11 Å². The van der Waals surface area contributed by atoms with Gasteiger partial charge >= 0.3 is 0 Å². The number of pyridine rings is 1. The summed E-state index contributed by atoms with van der Waals surface area (Å²) in [7, 11) is 0. The molecule has 0 aliphatic rings. The van der Waals surface area contributed by atoms with Crippen molar-refractivity contribution in [2.24, 2.45) is 4.99 Å². The molecule has 0 fully saturated rings. The Labute approximate surface area is 134 Å². The van der Waals surface area contributed by atoms with Crippen molar-refractivity contribution in [1.82, 2.24) is 25.6 Å². The fraction of sp³-hybridized carbons (Fsp3) is 0. The number of para-hydroxylation sites is 1. The third-order valence-electron chi connectivity index (χ3n) is 3.26. The third kappa shape index (κ3) is 2.55. The molecule has 7 nitrogen and oxygen atoms in total. The first-order valence-electron chi connectivity index (χ1n) is 6.74. The van der Waals surface area contributed by atoms with Crippen molar-refractivity contribution in [2.45, 2.75) is 0 Å². The van der Waals surface area contributed by atoms with Gasteiger partial charge in [0.25, 0.3) is 5.95 Å². The molecular weight excluding hydrogens is 312 g/mol. The smallest absolute Gasteiger partial charge is 0.288 e. The summed E-state index contributed by atoms with van der Waals surface area (Å²) in [5.74, 6) is -0.420. The fourth-order valence-corrected chi connectivity index (χ4v) is 2.94. The van der Waals surface area contributed by atoms with E-state index in [1.165, 1.54) is 0 Å². The zero-order chi connectivity index (χ0) is 15.6. The third-order valence-corrected chi connectivity index (χ3v) is 4.15. The van der Waals surface area contributed by atoms with E-state index in [1.807, 2.05) is 41.8 Å². The molecule has 0 aliphatic heterocycles. The molecule has 23 heavy (non-hydrogen) atoms. The van der Waals surface area contributed by atoms with Crippen molar-refractivity contribution < 1.29 is 5.11 Å². The number of aromatic amines is 1. The van der Waals surface area contributed by atoms with Crippen LogP contribution in [0, 0.1) is 0 Å². The first-order valence-corrected chi connectivity index (χ1v) is 7.62. The van der Waals surface area contributed by atoms with Crippen LogP contribution in [0.2, 0.25) is 0 Å². The molecule has 112 valence electrons. The Morgan fingerprint density at radius 1 is 1.17 bits per heavy atom.